The van der Waals surface area contributed by atoms with Crippen molar-refractivity contribution in [3.63, 3.8) is 0 Å². The quantitative estimate of drug-likeness (QED) is 0.418. The van der Waals surface area contributed by atoms with Gasteiger partial charge in [0.1, 0.15) is 12.4 Å². The molecule has 0 fully saturated rings. The van der Waals surface area contributed by atoms with Gasteiger partial charge in [-0.05, 0) is 23.8 Å². The van der Waals surface area contributed by atoms with Crippen LogP contribution in [-0.4, -0.2) is 21.1 Å². The Morgan fingerprint density at radius 1 is 1.00 bits per heavy atom. The molecule has 1 aliphatic rings. The molecule has 0 radical (unpaired) electrons. The number of hydrogen-bond donors (Lipinski definition) is 0. The minimum atomic E-state index is -0.749. The van der Waals surface area contributed by atoms with Crippen LogP contribution in [0.15, 0.2) is 78.9 Å². The zero-order valence-corrected chi connectivity index (χ0v) is 19.0. The zero-order valence-electron chi connectivity index (χ0n) is 19.0. The second-order valence-electron chi connectivity index (χ2n) is 7.96. The van der Waals surface area contributed by atoms with Gasteiger partial charge < -0.3 is 9.47 Å². The van der Waals surface area contributed by atoms with E-state index < -0.39 is 6.23 Å². The SMILES string of the molecule is CCc1nnc2c(n1)OC(c1cccc(OCc3ccccc3)c1)N(C(C)=O)c1ccccc1-2. The summed E-state index contributed by atoms with van der Waals surface area (Å²) < 4.78 is 12.4. The number of benzene rings is 3. The maximum Gasteiger partial charge on any atom is 0.246 e. The Hall–Kier alpha value is -4.26. The first kappa shape index (κ1) is 21.6. The number of anilines is 1. The molecule has 0 saturated carbocycles. The number of carbonyl (C=O) groups is 1. The molecule has 5 rings (SSSR count). The van der Waals surface area contributed by atoms with Crippen LogP contribution in [-0.2, 0) is 17.8 Å². The molecule has 0 bridgehead atoms. The van der Waals surface area contributed by atoms with Gasteiger partial charge in [-0.25, -0.2) is 0 Å². The van der Waals surface area contributed by atoms with E-state index in [1.807, 2.05) is 85.8 Å². The third-order valence-electron chi connectivity index (χ3n) is 5.62. The number of fused-ring (bicyclic) bond motifs is 3. The highest BCUT2D eigenvalue weighted by atomic mass is 16.5. The van der Waals surface area contributed by atoms with E-state index in [-0.39, 0.29) is 5.91 Å². The van der Waals surface area contributed by atoms with E-state index in [1.54, 1.807) is 4.90 Å². The summed E-state index contributed by atoms with van der Waals surface area (Å²) in [6.45, 7) is 3.92. The van der Waals surface area contributed by atoms with Crippen molar-refractivity contribution in [2.24, 2.45) is 0 Å². The highest BCUT2D eigenvalue weighted by Gasteiger charge is 2.34. The third kappa shape index (κ3) is 4.20. The molecular weight excluding hydrogens is 428 g/mol. The van der Waals surface area contributed by atoms with E-state index in [0.29, 0.717) is 41.9 Å². The van der Waals surface area contributed by atoms with Gasteiger partial charge in [-0.1, -0.05) is 67.6 Å². The number of nitrogens with zero attached hydrogens (tertiary/aromatic N) is 4. The molecule has 1 aliphatic heterocycles. The van der Waals surface area contributed by atoms with Crippen LogP contribution in [0.1, 0.15) is 37.0 Å². The molecule has 7 heteroatoms. The number of aryl methyl sites for hydroxylation is 1. The van der Waals surface area contributed by atoms with Gasteiger partial charge in [0.25, 0.3) is 0 Å². The van der Waals surface area contributed by atoms with Gasteiger partial charge in [-0.3, -0.25) is 9.69 Å². The van der Waals surface area contributed by atoms with Crippen LogP contribution in [0.5, 0.6) is 11.6 Å². The fraction of sp³-hybridized carbons (Fsp3) is 0.185. The molecule has 0 saturated heterocycles. The van der Waals surface area contributed by atoms with Crippen LogP contribution in [0.4, 0.5) is 5.69 Å². The lowest BCUT2D eigenvalue weighted by Gasteiger charge is -2.30. The molecule has 7 nitrogen and oxygen atoms in total. The topological polar surface area (TPSA) is 77.4 Å². The van der Waals surface area contributed by atoms with Crippen molar-refractivity contribution in [2.75, 3.05) is 4.90 Å². The van der Waals surface area contributed by atoms with Crippen LogP contribution in [0.3, 0.4) is 0 Å². The predicted molar refractivity (Wildman–Crippen MR) is 128 cm³/mol. The molecule has 1 unspecified atom stereocenters. The molecule has 4 aromatic rings. The molecule has 0 spiro atoms. The first-order chi connectivity index (χ1) is 16.6. The van der Waals surface area contributed by atoms with Crippen LogP contribution in [0.2, 0.25) is 0 Å². The van der Waals surface area contributed by atoms with Crippen molar-refractivity contribution in [3.05, 3.63) is 95.8 Å². The molecule has 0 aliphatic carbocycles. The summed E-state index contributed by atoms with van der Waals surface area (Å²) in [5, 5.41) is 8.62. The lowest BCUT2D eigenvalue weighted by molar-refractivity contribution is -0.118. The standard InChI is InChI=1S/C27H24N4O3/c1-3-24-28-26-25(30-29-24)22-14-7-8-15-23(22)31(18(2)32)27(34-26)20-12-9-13-21(16-20)33-17-19-10-5-4-6-11-19/h4-16,27H,3,17H2,1-2H3. The Morgan fingerprint density at radius 2 is 1.79 bits per heavy atom. The minimum Gasteiger partial charge on any atom is -0.489 e. The summed E-state index contributed by atoms with van der Waals surface area (Å²) in [6.07, 6.45) is -0.128. The molecule has 1 atom stereocenters. The summed E-state index contributed by atoms with van der Waals surface area (Å²) >= 11 is 0. The fourth-order valence-electron chi connectivity index (χ4n) is 3.96. The maximum atomic E-state index is 12.9. The average Bonchev–Trinajstić information content (AvgIpc) is 3.02. The van der Waals surface area contributed by atoms with Gasteiger partial charge in [0.15, 0.2) is 11.5 Å². The van der Waals surface area contributed by atoms with Crippen molar-refractivity contribution in [1.29, 1.82) is 0 Å². The number of ether oxygens (including phenoxy) is 2. The summed E-state index contributed by atoms with van der Waals surface area (Å²) in [4.78, 5) is 19.1. The van der Waals surface area contributed by atoms with Gasteiger partial charge in [-0.15, -0.1) is 10.2 Å². The van der Waals surface area contributed by atoms with Gasteiger partial charge >= 0.3 is 0 Å². The highest BCUT2D eigenvalue weighted by Crippen LogP contribution is 2.43. The van der Waals surface area contributed by atoms with E-state index in [1.165, 1.54) is 6.92 Å². The van der Waals surface area contributed by atoms with Crippen LogP contribution in [0, 0.1) is 0 Å². The van der Waals surface area contributed by atoms with Crippen LogP contribution >= 0.6 is 0 Å². The normalized spacial score (nSPS) is 14.4. The van der Waals surface area contributed by atoms with Crippen molar-refractivity contribution < 1.29 is 14.3 Å². The molecule has 2 heterocycles. The van der Waals surface area contributed by atoms with Crippen molar-refractivity contribution in [1.82, 2.24) is 15.2 Å². The first-order valence-electron chi connectivity index (χ1n) is 11.2. The maximum absolute atomic E-state index is 12.9. The van der Waals surface area contributed by atoms with Crippen molar-refractivity contribution in [3.8, 4) is 22.9 Å². The Bertz CT molecular complexity index is 1330. The highest BCUT2D eigenvalue weighted by molar-refractivity contribution is 5.97. The number of para-hydroxylation sites is 1. The summed E-state index contributed by atoms with van der Waals surface area (Å²) in [5.74, 6) is 1.45. The number of hydrogen-bond acceptors (Lipinski definition) is 6. The minimum absolute atomic E-state index is 0.162. The summed E-state index contributed by atoms with van der Waals surface area (Å²) in [5.41, 5.74) is 3.78. The van der Waals surface area contributed by atoms with Crippen molar-refractivity contribution >= 4 is 11.6 Å². The van der Waals surface area contributed by atoms with Gasteiger partial charge in [0.05, 0.1) is 5.69 Å². The molecule has 1 aromatic heterocycles. The Morgan fingerprint density at radius 3 is 2.59 bits per heavy atom. The van der Waals surface area contributed by atoms with Crippen molar-refractivity contribution in [2.45, 2.75) is 33.1 Å². The second-order valence-corrected chi connectivity index (χ2v) is 7.96. The second kappa shape index (κ2) is 9.31. The monoisotopic (exact) mass is 452 g/mol. The van der Waals surface area contributed by atoms with Crippen LogP contribution < -0.4 is 14.4 Å². The number of amides is 1. The molecule has 170 valence electrons. The largest absolute Gasteiger partial charge is 0.489 e. The number of carbonyl (C=O) groups excluding carboxylic acids is 1. The zero-order chi connectivity index (χ0) is 23.5. The molecule has 3 aromatic carbocycles. The van der Waals surface area contributed by atoms with Gasteiger partial charge in [-0.2, -0.15) is 4.98 Å². The number of rotatable bonds is 5. The van der Waals surface area contributed by atoms with Gasteiger partial charge in [0, 0.05) is 24.5 Å². The van der Waals surface area contributed by atoms with E-state index >= 15 is 0 Å². The molecule has 34 heavy (non-hydrogen) atoms. The van der Waals surface area contributed by atoms with Gasteiger partial charge in [0.2, 0.25) is 18.0 Å². The lowest BCUT2D eigenvalue weighted by atomic mass is 10.1. The first-order valence-corrected chi connectivity index (χ1v) is 11.2. The Balaban J connectivity index is 1.57. The Labute approximate surface area is 198 Å². The smallest absolute Gasteiger partial charge is 0.246 e. The average molecular weight is 453 g/mol. The summed E-state index contributed by atoms with van der Waals surface area (Å²) in [7, 11) is 0. The van der Waals surface area contributed by atoms with E-state index in [4.69, 9.17) is 9.47 Å². The predicted octanol–water partition coefficient (Wildman–Crippen LogP) is 5.12. The third-order valence-corrected chi connectivity index (χ3v) is 5.62. The summed E-state index contributed by atoms with van der Waals surface area (Å²) in [6, 6.07) is 25.1. The van der Waals surface area contributed by atoms with E-state index in [2.05, 4.69) is 15.2 Å². The van der Waals surface area contributed by atoms with E-state index in [9.17, 15) is 4.79 Å². The van der Waals surface area contributed by atoms with Crippen LogP contribution in [0.25, 0.3) is 11.3 Å². The molecule has 0 N–H and O–H groups in total. The number of aromatic nitrogens is 3. The Kier molecular flexibility index (Phi) is 5.91. The lowest BCUT2D eigenvalue weighted by Crippen LogP contribution is -2.36. The van der Waals surface area contributed by atoms with E-state index in [0.717, 1.165) is 16.7 Å². The fourth-order valence-corrected chi connectivity index (χ4v) is 3.96. The molecular formula is C27H24N4O3. The molecule has 1 amide bonds.